The lowest BCUT2D eigenvalue weighted by Crippen LogP contribution is -2.20. The molecule has 1 N–H and O–H groups in total. The average molecular weight is 233 g/mol. The van der Waals surface area contributed by atoms with E-state index in [1.807, 2.05) is 0 Å². The molecule has 0 spiro atoms. The molecule has 0 radical (unpaired) electrons. The van der Waals surface area contributed by atoms with Gasteiger partial charge < -0.3 is 9.72 Å². The summed E-state index contributed by atoms with van der Waals surface area (Å²) in [6.45, 7) is 1.98. The van der Waals surface area contributed by atoms with E-state index in [2.05, 4.69) is 11.1 Å². The molecule has 4 heteroatoms. The molecule has 0 saturated carbocycles. The van der Waals surface area contributed by atoms with Crippen molar-refractivity contribution in [2.45, 2.75) is 26.2 Å². The molecule has 0 saturated heterocycles. The van der Waals surface area contributed by atoms with E-state index in [-0.39, 0.29) is 17.7 Å². The normalized spacial score (nSPS) is 14.5. The van der Waals surface area contributed by atoms with Gasteiger partial charge in [-0.2, -0.15) is 0 Å². The summed E-state index contributed by atoms with van der Waals surface area (Å²) in [5, 5.41) is 0. The van der Waals surface area contributed by atoms with E-state index in [0.29, 0.717) is 0 Å². The molecule has 1 aromatic heterocycles. The first-order valence-electron chi connectivity index (χ1n) is 5.82. The first kappa shape index (κ1) is 11.6. The number of ether oxygens (including phenoxy) is 1. The van der Waals surface area contributed by atoms with Gasteiger partial charge in [-0.3, -0.25) is 4.79 Å². The van der Waals surface area contributed by atoms with Crippen molar-refractivity contribution in [3.8, 4) is 0 Å². The Hall–Kier alpha value is -1.84. The van der Waals surface area contributed by atoms with Crippen LogP contribution in [-0.4, -0.2) is 17.6 Å². The van der Waals surface area contributed by atoms with Gasteiger partial charge in [-0.25, -0.2) is 4.79 Å². The highest BCUT2D eigenvalue weighted by Gasteiger charge is 2.14. The van der Waals surface area contributed by atoms with Crippen LogP contribution in [0.4, 0.5) is 0 Å². The van der Waals surface area contributed by atoms with E-state index in [1.165, 1.54) is 6.07 Å². The van der Waals surface area contributed by atoms with Crippen molar-refractivity contribution in [3.05, 3.63) is 39.8 Å². The molecule has 0 bridgehead atoms. The van der Waals surface area contributed by atoms with Crippen molar-refractivity contribution < 1.29 is 9.53 Å². The summed E-state index contributed by atoms with van der Waals surface area (Å²) in [4.78, 5) is 25.9. The molecule has 1 aromatic rings. The van der Waals surface area contributed by atoms with Crippen LogP contribution in [-0.2, 0) is 4.74 Å². The van der Waals surface area contributed by atoms with Crippen LogP contribution in [0.25, 0.3) is 5.57 Å². The van der Waals surface area contributed by atoms with Gasteiger partial charge in [0.25, 0.3) is 5.56 Å². The second-order valence-electron chi connectivity index (χ2n) is 3.96. The number of rotatable bonds is 3. The van der Waals surface area contributed by atoms with Crippen LogP contribution >= 0.6 is 0 Å². The predicted octanol–water partition coefficient (Wildman–Crippen LogP) is 2.12. The molecule has 0 aliphatic heterocycles. The van der Waals surface area contributed by atoms with Gasteiger partial charge in [0.05, 0.1) is 6.61 Å². The topological polar surface area (TPSA) is 59.2 Å². The Bertz CT molecular complexity index is 514. The molecule has 4 nitrogen and oxygen atoms in total. The fraction of sp³-hybridized carbons (Fsp3) is 0.385. The van der Waals surface area contributed by atoms with Crippen molar-refractivity contribution in [2.75, 3.05) is 6.61 Å². The summed E-state index contributed by atoms with van der Waals surface area (Å²) in [5.41, 5.74) is 1.64. The highest BCUT2D eigenvalue weighted by molar-refractivity contribution is 5.89. The maximum atomic E-state index is 11.7. The van der Waals surface area contributed by atoms with Gasteiger partial charge in [-0.15, -0.1) is 0 Å². The number of hydrogen-bond acceptors (Lipinski definition) is 3. The Morgan fingerprint density at radius 2 is 2.29 bits per heavy atom. The zero-order valence-electron chi connectivity index (χ0n) is 9.79. The van der Waals surface area contributed by atoms with Crippen molar-refractivity contribution in [1.29, 1.82) is 0 Å². The second kappa shape index (κ2) is 4.99. The van der Waals surface area contributed by atoms with Gasteiger partial charge in [-0.1, -0.05) is 6.08 Å². The predicted molar refractivity (Wildman–Crippen MR) is 64.8 cm³/mol. The Morgan fingerprint density at radius 3 is 2.88 bits per heavy atom. The van der Waals surface area contributed by atoms with Gasteiger partial charge in [0.1, 0.15) is 5.56 Å². The fourth-order valence-corrected chi connectivity index (χ4v) is 1.95. The maximum Gasteiger partial charge on any atom is 0.343 e. The fourth-order valence-electron chi connectivity index (χ4n) is 1.95. The van der Waals surface area contributed by atoms with Gasteiger partial charge in [0, 0.05) is 5.69 Å². The smallest absolute Gasteiger partial charge is 0.343 e. The van der Waals surface area contributed by atoms with Crippen molar-refractivity contribution in [2.24, 2.45) is 0 Å². The van der Waals surface area contributed by atoms with Gasteiger partial charge in [0.15, 0.2) is 0 Å². The summed E-state index contributed by atoms with van der Waals surface area (Å²) in [5.74, 6) is -0.569. The second-order valence-corrected chi connectivity index (χ2v) is 3.96. The van der Waals surface area contributed by atoms with Crippen LogP contribution in [0.5, 0.6) is 0 Å². The minimum atomic E-state index is -0.569. The SMILES string of the molecule is CCOC(=O)c1ccc(C2=CCCC2)[nH]c1=O. The van der Waals surface area contributed by atoms with E-state index in [0.717, 1.165) is 30.5 Å². The van der Waals surface area contributed by atoms with Crippen LogP contribution in [0.15, 0.2) is 23.0 Å². The monoisotopic (exact) mass is 233 g/mol. The number of carbonyl (C=O) groups excluding carboxylic acids is 1. The summed E-state index contributed by atoms with van der Waals surface area (Å²) in [6, 6.07) is 3.30. The zero-order chi connectivity index (χ0) is 12.3. The number of pyridine rings is 1. The van der Waals surface area contributed by atoms with Crippen molar-refractivity contribution in [3.63, 3.8) is 0 Å². The number of aromatic nitrogens is 1. The lowest BCUT2D eigenvalue weighted by Gasteiger charge is -2.04. The van der Waals surface area contributed by atoms with E-state index in [1.54, 1.807) is 13.0 Å². The number of allylic oxidation sites excluding steroid dienone is 2. The summed E-state index contributed by atoms with van der Waals surface area (Å²) in [6.07, 6.45) is 5.28. The molecular formula is C13H15NO3. The van der Waals surface area contributed by atoms with Crippen LogP contribution < -0.4 is 5.56 Å². The van der Waals surface area contributed by atoms with Crippen LogP contribution in [0.3, 0.4) is 0 Å². The highest BCUT2D eigenvalue weighted by atomic mass is 16.5. The van der Waals surface area contributed by atoms with Crippen LogP contribution in [0.2, 0.25) is 0 Å². The summed E-state index contributed by atoms with van der Waals surface area (Å²) < 4.78 is 4.80. The Balaban J connectivity index is 2.28. The van der Waals surface area contributed by atoms with Gasteiger partial charge in [-0.05, 0) is 43.9 Å². The molecule has 90 valence electrons. The molecule has 0 fully saturated rings. The van der Waals surface area contributed by atoms with E-state index < -0.39 is 5.97 Å². The Kier molecular flexibility index (Phi) is 3.42. The van der Waals surface area contributed by atoms with Gasteiger partial charge >= 0.3 is 5.97 Å². The minimum absolute atomic E-state index is 0.0641. The average Bonchev–Trinajstić information content (AvgIpc) is 2.82. The first-order valence-corrected chi connectivity index (χ1v) is 5.82. The number of hydrogen-bond donors (Lipinski definition) is 1. The lowest BCUT2D eigenvalue weighted by atomic mass is 10.1. The Morgan fingerprint density at radius 1 is 1.47 bits per heavy atom. The maximum absolute atomic E-state index is 11.7. The summed E-state index contributed by atoms with van der Waals surface area (Å²) >= 11 is 0. The summed E-state index contributed by atoms with van der Waals surface area (Å²) in [7, 11) is 0. The number of aromatic amines is 1. The van der Waals surface area contributed by atoms with Crippen LogP contribution in [0, 0.1) is 0 Å². The number of carbonyl (C=O) groups is 1. The van der Waals surface area contributed by atoms with Crippen molar-refractivity contribution >= 4 is 11.5 Å². The zero-order valence-corrected chi connectivity index (χ0v) is 9.79. The first-order chi connectivity index (χ1) is 8.22. The third kappa shape index (κ3) is 2.46. The molecular weight excluding hydrogens is 218 g/mol. The third-order valence-corrected chi connectivity index (χ3v) is 2.79. The molecule has 0 amide bonds. The van der Waals surface area contributed by atoms with E-state index in [4.69, 9.17) is 4.74 Å². The number of nitrogens with one attached hydrogen (secondary N) is 1. The molecule has 1 aliphatic carbocycles. The van der Waals surface area contributed by atoms with Crippen molar-refractivity contribution in [1.82, 2.24) is 4.98 Å². The molecule has 0 unspecified atom stereocenters. The third-order valence-electron chi connectivity index (χ3n) is 2.79. The minimum Gasteiger partial charge on any atom is -0.462 e. The highest BCUT2D eigenvalue weighted by Crippen LogP contribution is 2.25. The molecule has 1 aliphatic rings. The van der Waals surface area contributed by atoms with Crippen LogP contribution in [0.1, 0.15) is 42.2 Å². The van der Waals surface area contributed by atoms with Gasteiger partial charge in [0.2, 0.25) is 0 Å². The largest absolute Gasteiger partial charge is 0.462 e. The van der Waals surface area contributed by atoms with E-state index in [9.17, 15) is 9.59 Å². The molecule has 2 rings (SSSR count). The number of H-pyrrole nitrogens is 1. The standard InChI is InChI=1S/C13H15NO3/c1-2-17-13(16)10-7-8-11(14-12(10)15)9-5-3-4-6-9/h5,7-8H,2-4,6H2,1H3,(H,14,15). The van der Waals surface area contributed by atoms with E-state index >= 15 is 0 Å². The molecule has 0 aromatic carbocycles. The number of esters is 1. The molecule has 17 heavy (non-hydrogen) atoms. The quantitative estimate of drug-likeness (QED) is 0.813. The Labute approximate surface area is 99.3 Å². The molecule has 1 heterocycles. The molecule has 0 atom stereocenters. The lowest BCUT2D eigenvalue weighted by molar-refractivity contribution is 0.0524.